The topological polar surface area (TPSA) is 67.5 Å². The van der Waals surface area contributed by atoms with Crippen LogP contribution in [0.3, 0.4) is 0 Å². The van der Waals surface area contributed by atoms with Gasteiger partial charge >= 0.3 is 12.4 Å². The molecule has 0 saturated carbocycles. The van der Waals surface area contributed by atoms with E-state index < -0.39 is 46.3 Å². The molecule has 1 aliphatic heterocycles. The van der Waals surface area contributed by atoms with Crippen molar-refractivity contribution in [2.24, 2.45) is 5.73 Å². The Morgan fingerprint density at radius 3 is 1.94 bits per heavy atom. The smallest absolute Gasteiger partial charge is 0.389 e. The first-order valence-electron chi connectivity index (χ1n) is 11.2. The fourth-order valence-corrected chi connectivity index (χ4v) is 4.25. The molecular weight excluding hydrogens is 474 g/mol. The zero-order valence-corrected chi connectivity index (χ0v) is 19.7. The molecule has 4 N–H and O–H groups in total. The third-order valence-corrected chi connectivity index (χ3v) is 6.94. The molecule has 0 spiro atoms. The van der Waals surface area contributed by atoms with Crippen molar-refractivity contribution in [3.63, 3.8) is 0 Å². The highest BCUT2D eigenvalue weighted by molar-refractivity contribution is 5.35. The first-order valence-corrected chi connectivity index (χ1v) is 11.2. The van der Waals surface area contributed by atoms with Gasteiger partial charge in [0.05, 0.1) is 40.5 Å². The van der Waals surface area contributed by atoms with Crippen molar-refractivity contribution < 1.29 is 36.2 Å². The van der Waals surface area contributed by atoms with E-state index in [1.807, 2.05) is 30.3 Å². The Labute approximate surface area is 200 Å². The average molecular weight is 505 g/mol. The fourth-order valence-electron chi connectivity index (χ4n) is 4.25. The van der Waals surface area contributed by atoms with Crippen LogP contribution in [-0.2, 0) is 22.6 Å². The summed E-state index contributed by atoms with van der Waals surface area (Å²) in [5.41, 5.74) is 1.37. The summed E-state index contributed by atoms with van der Waals surface area (Å²) >= 11 is 0. The Morgan fingerprint density at radius 1 is 0.971 bits per heavy atom. The van der Waals surface area contributed by atoms with Crippen LogP contribution in [-0.4, -0.2) is 29.4 Å². The molecule has 3 atom stereocenters. The first-order chi connectivity index (χ1) is 16.0. The average Bonchev–Trinajstić information content (AvgIpc) is 2.77. The fraction of sp³-hybridized carbons (Fsp3) is 0.520. The van der Waals surface area contributed by atoms with Crippen LogP contribution < -0.4 is 11.1 Å². The first kappa shape index (κ1) is 27.4. The van der Waals surface area contributed by atoms with E-state index in [9.17, 15) is 31.4 Å². The molecule has 1 saturated heterocycles. The van der Waals surface area contributed by atoms with Gasteiger partial charge in [-0.3, -0.25) is 0 Å². The molecule has 1 heterocycles. The van der Waals surface area contributed by atoms with Gasteiger partial charge in [0.2, 0.25) is 0 Å². The molecule has 1 unspecified atom stereocenters. The van der Waals surface area contributed by atoms with Crippen molar-refractivity contribution in [2.45, 2.75) is 68.7 Å². The predicted molar refractivity (Wildman–Crippen MR) is 119 cm³/mol. The molecule has 35 heavy (non-hydrogen) atoms. The number of nitrogens with two attached hydrogens (primary N) is 1. The molecule has 10 heteroatoms. The number of benzene rings is 2. The maximum absolute atomic E-state index is 13.3. The number of hydrogen-bond acceptors (Lipinski definition) is 4. The Balaban J connectivity index is 1.89. The van der Waals surface area contributed by atoms with Crippen LogP contribution in [0.2, 0.25) is 0 Å². The summed E-state index contributed by atoms with van der Waals surface area (Å²) in [7, 11) is 0. The van der Waals surface area contributed by atoms with Crippen molar-refractivity contribution >= 4 is 0 Å². The molecule has 0 radical (unpaired) electrons. The third-order valence-electron chi connectivity index (χ3n) is 6.94. The Hall–Kier alpha value is -2.14. The van der Waals surface area contributed by atoms with E-state index in [0.29, 0.717) is 25.0 Å². The highest BCUT2D eigenvalue weighted by Crippen LogP contribution is 2.40. The van der Waals surface area contributed by atoms with Crippen molar-refractivity contribution in [1.29, 1.82) is 0 Å². The van der Waals surface area contributed by atoms with Crippen molar-refractivity contribution in [1.82, 2.24) is 5.32 Å². The number of alkyl halides is 6. The minimum atomic E-state index is -4.94. The van der Waals surface area contributed by atoms with Crippen molar-refractivity contribution in [3.05, 3.63) is 70.8 Å². The van der Waals surface area contributed by atoms with E-state index in [0.717, 1.165) is 5.56 Å². The predicted octanol–water partition coefficient (Wildman–Crippen LogP) is 5.55. The number of nitrogens with one attached hydrogen (secondary N) is 1. The van der Waals surface area contributed by atoms with Crippen LogP contribution in [0, 0.1) is 0 Å². The highest BCUT2D eigenvalue weighted by atomic mass is 19.4. The standard InChI is InChI=1S/C25H30F6N2O2/c1-16(17-11-19(24(26,27)28)13-20(12-17)25(29,30)31)35-15-22(18-7-5-4-6-8-18)9-10-23(32,14-33-22)21(2,3)34/h4-8,11-13,16,33-34H,9-10,14-15,32H2,1-3H3/t16?,22-,23+/m1/s1. The minimum absolute atomic E-state index is 0.0300. The summed E-state index contributed by atoms with van der Waals surface area (Å²) in [5.74, 6) is 0. The summed E-state index contributed by atoms with van der Waals surface area (Å²) < 4.78 is 85.6. The number of ether oxygens (including phenoxy) is 1. The van der Waals surface area contributed by atoms with Gasteiger partial charge in [0.25, 0.3) is 0 Å². The zero-order valence-electron chi connectivity index (χ0n) is 19.7. The van der Waals surface area contributed by atoms with E-state index in [4.69, 9.17) is 10.5 Å². The summed E-state index contributed by atoms with van der Waals surface area (Å²) in [4.78, 5) is 0. The quantitative estimate of drug-likeness (QED) is 0.452. The number of aliphatic hydroxyl groups is 1. The summed E-state index contributed by atoms with van der Waals surface area (Å²) in [5, 5.41) is 13.9. The number of rotatable bonds is 6. The Kier molecular flexibility index (Phi) is 7.36. The minimum Gasteiger partial charge on any atom is -0.389 e. The van der Waals surface area contributed by atoms with Crippen LogP contribution in [0.15, 0.2) is 48.5 Å². The van der Waals surface area contributed by atoms with Crippen molar-refractivity contribution in [2.75, 3.05) is 13.2 Å². The molecule has 1 aliphatic rings. The molecule has 0 aliphatic carbocycles. The van der Waals surface area contributed by atoms with Gasteiger partial charge in [-0.15, -0.1) is 0 Å². The normalized spacial score (nSPS) is 24.9. The molecule has 0 bridgehead atoms. The molecule has 4 nitrogen and oxygen atoms in total. The van der Waals surface area contributed by atoms with E-state index in [1.165, 1.54) is 6.92 Å². The number of piperidine rings is 1. The van der Waals surface area contributed by atoms with Crippen LogP contribution >= 0.6 is 0 Å². The second-order valence-electron chi connectivity index (χ2n) is 9.81. The van der Waals surface area contributed by atoms with Crippen molar-refractivity contribution in [3.8, 4) is 0 Å². The van der Waals surface area contributed by atoms with E-state index >= 15 is 0 Å². The van der Waals surface area contributed by atoms with E-state index in [2.05, 4.69) is 5.32 Å². The maximum Gasteiger partial charge on any atom is 0.416 e. The highest BCUT2D eigenvalue weighted by Gasteiger charge is 2.48. The molecule has 2 aromatic rings. The third kappa shape index (κ3) is 5.99. The molecule has 0 aromatic heterocycles. The number of hydrogen-bond donors (Lipinski definition) is 3. The van der Waals surface area contributed by atoms with Crippen LogP contribution in [0.4, 0.5) is 26.3 Å². The van der Waals surface area contributed by atoms with Gasteiger partial charge in [0, 0.05) is 6.54 Å². The Morgan fingerprint density at radius 2 is 1.51 bits per heavy atom. The molecular formula is C25H30F6N2O2. The van der Waals surface area contributed by atoms with Gasteiger partial charge in [0.15, 0.2) is 0 Å². The zero-order chi connectivity index (χ0) is 26.3. The van der Waals surface area contributed by atoms with Gasteiger partial charge in [-0.1, -0.05) is 30.3 Å². The van der Waals surface area contributed by atoms with Gasteiger partial charge in [0.1, 0.15) is 0 Å². The summed E-state index contributed by atoms with van der Waals surface area (Å²) in [6.45, 7) is 4.85. The Bertz CT molecular complexity index is 975. The molecule has 3 rings (SSSR count). The van der Waals surface area contributed by atoms with E-state index in [-0.39, 0.29) is 24.8 Å². The molecule has 0 amide bonds. The lowest BCUT2D eigenvalue weighted by Gasteiger charge is -2.50. The number of halogens is 6. The van der Waals surface area contributed by atoms with Gasteiger partial charge in [-0.2, -0.15) is 26.3 Å². The van der Waals surface area contributed by atoms with E-state index in [1.54, 1.807) is 13.8 Å². The lowest BCUT2D eigenvalue weighted by Crippen LogP contribution is -2.69. The van der Waals surface area contributed by atoms with Gasteiger partial charge < -0.3 is 20.9 Å². The van der Waals surface area contributed by atoms with Crippen LogP contribution in [0.25, 0.3) is 0 Å². The van der Waals surface area contributed by atoms with Crippen LogP contribution in [0.5, 0.6) is 0 Å². The summed E-state index contributed by atoms with van der Waals surface area (Å²) in [6.07, 6.45) is -10.1. The molecule has 2 aromatic carbocycles. The SMILES string of the molecule is CC(OC[C@@]1(c2ccccc2)CC[C@@](N)(C(C)(C)O)CN1)c1cc(C(F)(F)F)cc(C(F)(F)F)c1. The monoisotopic (exact) mass is 504 g/mol. The second-order valence-corrected chi connectivity index (χ2v) is 9.81. The lowest BCUT2D eigenvalue weighted by molar-refractivity contribution is -0.143. The van der Waals surface area contributed by atoms with Gasteiger partial charge in [-0.05, 0) is 62.9 Å². The molecule has 1 fully saturated rings. The van der Waals surface area contributed by atoms with Crippen LogP contribution in [0.1, 0.15) is 62.0 Å². The largest absolute Gasteiger partial charge is 0.416 e. The lowest BCUT2D eigenvalue weighted by atomic mass is 9.71. The van der Waals surface area contributed by atoms with Gasteiger partial charge in [-0.25, -0.2) is 0 Å². The second kappa shape index (κ2) is 9.38. The summed E-state index contributed by atoms with van der Waals surface area (Å²) in [6, 6.07) is 10.7. The molecule has 194 valence electrons. The maximum atomic E-state index is 13.3.